The van der Waals surface area contributed by atoms with Gasteiger partial charge in [0.2, 0.25) is 0 Å². The molecule has 0 saturated carbocycles. The molecule has 0 aliphatic carbocycles. The summed E-state index contributed by atoms with van der Waals surface area (Å²) in [5.41, 5.74) is 1.02. The van der Waals surface area contributed by atoms with Gasteiger partial charge in [-0.2, -0.15) is 11.8 Å². The standard InChI is InChI=1S/C10H11N3S2/c1-2-11-5-7-9(1)15-10(13-7)8-6-14-4-3-12-8/h1-2,5,8,12H,3-4,6H2. The summed E-state index contributed by atoms with van der Waals surface area (Å²) in [5.74, 6) is 2.34. The second kappa shape index (κ2) is 4.08. The summed E-state index contributed by atoms with van der Waals surface area (Å²) in [7, 11) is 0. The van der Waals surface area contributed by atoms with Crippen molar-refractivity contribution < 1.29 is 0 Å². The molecular formula is C10H11N3S2. The quantitative estimate of drug-likeness (QED) is 0.824. The highest BCUT2D eigenvalue weighted by atomic mass is 32.2. The summed E-state index contributed by atoms with van der Waals surface area (Å²) >= 11 is 3.77. The molecule has 0 bridgehead atoms. The van der Waals surface area contributed by atoms with E-state index in [1.807, 2.05) is 30.2 Å². The zero-order chi connectivity index (χ0) is 10.1. The zero-order valence-corrected chi connectivity index (χ0v) is 9.77. The van der Waals surface area contributed by atoms with Crippen LogP contribution >= 0.6 is 23.1 Å². The summed E-state index contributed by atoms with van der Waals surface area (Å²) in [6, 6.07) is 2.47. The summed E-state index contributed by atoms with van der Waals surface area (Å²) in [6.45, 7) is 1.09. The molecule has 3 nitrogen and oxygen atoms in total. The van der Waals surface area contributed by atoms with E-state index in [-0.39, 0.29) is 0 Å². The zero-order valence-electron chi connectivity index (χ0n) is 8.14. The summed E-state index contributed by atoms with van der Waals surface area (Å²) in [4.78, 5) is 8.71. The average molecular weight is 237 g/mol. The van der Waals surface area contributed by atoms with Crippen LogP contribution in [0.3, 0.4) is 0 Å². The van der Waals surface area contributed by atoms with Crippen molar-refractivity contribution in [3.05, 3.63) is 23.5 Å². The molecule has 1 fully saturated rings. The Bertz CT molecular complexity index is 429. The van der Waals surface area contributed by atoms with Crippen LogP contribution in [-0.2, 0) is 0 Å². The number of aromatic nitrogens is 2. The van der Waals surface area contributed by atoms with Crippen LogP contribution in [0, 0.1) is 0 Å². The molecule has 0 aromatic carbocycles. The molecule has 15 heavy (non-hydrogen) atoms. The van der Waals surface area contributed by atoms with Gasteiger partial charge in [0.05, 0.1) is 22.5 Å². The van der Waals surface area contributed by atoms with E-state index in [0.717, 1.165) is 17.8 Å². The van der Waals surface area contributed by atoms with E-state index in [1.54, 1.807) is 11.3 Å². The fourth-order valence-electron chi connectivity index (χ4n) is 1.67. The number of hydrogen-bond donors (Lipinski definition) is 1. The molecule has 1 aliphatic rings. The first-order valence-electron chi connectivity index (χ1n) is 4.95. The highest BCUT2D eigenvalue weighted by Crippen LogP contribution is 2.29. The normalized spacial score (nSPS) is 22.0. The van der Waals surface area contributed by atoms with Gasteiger partial charge in [-0.1, -0.05) is 0 Å². The van der Waals surface area contributed by atoms with Crippen LogP contribution in [-0.4, -0.2) is 28.0 Å². The minimum absolute atomic E-state index is 0.432. The molecule has 78 valence electrons. The highest BCUT2D eigenvalue weighted by molar-refractivity contribution is 7.99. The largest absolute Gasteiger partial charge is 0.306 e. The Hall–Kier alpha value is -0.650. The first-order chi connectivity index (χ1) is 7.43. The maximum Gasteiger partial charge on any atom is 0.112 e. The molecule has 0 amide bonds. The highest BCUT2D eigenvalue weighted by Gasteiger charge is 2.18. The maximum absolute atomic E-state index is 4.62. The Morgan fingerprint density at radius 1 is 1.47 bits per heavy atom. The monoisotopic (exact) mass is 237 g/mol. The van der Waals surface area contributed by atoms with Crippen molar-refractivity contribution in [3.63, 3.8) is 0 Å². The summed E-state index contributed by atoms with van der Waals surface area (Å²) in [5, 5.41) is 4.70. The SMILES string of the molecule is c1cc2sc(C3CSCCN3)nc2cn1. The smallest absolute Gasteiger partial charge is 0.112 e. The number of thioether (sulfide) groups is 1. The van der Waals surface area contributed by atoms with Crippen LogP contribution in [0.5, 0.6) is 0 Å². The summed E-state index contributed by atoms with van der Waals surface area (Å²) < 4.78 is 1.23. The van der Waals surface area contributed by atoms with Crippen molar-refractivity contribution in [2.24, 2.45) is 0 Å². The van der Waals surface area contributed by atoms with Gasteiger partial charge in [0.15, 0.2) is 0 Å². The van der Waals surface area contributed by atoms with Gasteiger partial charge in [0.25, 0.3) is 0 Å². The van der Waals surface area contributed by atoms with E-state index in [0.29, 0.717) is 6.04 Å². The maximum atomic E-state index is 4.62. The first-order valence-corrected chi connectivity index (χ1v) is 6.92. The lowest BCUT2D eigenvalue weighted by Gasteiger charge is -2.20. The number of thiazole rings is 1. The van der Waals surface area contributed by atoms with Crippen LogP contribution in [0.2, 0.25) is 0 Å². The van der Waals surface area contributed by atoms with Gasteiger partial charge in [-0.3, -0.25) is 4.98 Å². The molecule has 1 saturated heterocycles. The van der Waals surface area contributed by atoms with E-state index < -0.39 is 0 Å². The third-order valence-corrected chi connectivity index (χ3v) is 4.64. The van der Waals surface area contributed by atoms with Crippen LogP contribution in [0.1, 0.15) is 11.0 Å². The number of nitrogens with zero attached hydrogens (tertiary/aromatic N) is 2. The molecule has 1 unspecified atom stereocenters. The topological polar surface area (TPSA) is 37.8 Å². The Morgan fingerprint density at radius 3 is 3.27 bits per heavy atom. The van der Waals surface area contributed by atoms with Crippen molar-refractivity contribution in [1.29, 1.82) is 0 Å². The van der Waals surface area contributed by atoms with E-state index in [4.69, 9.17) is 0 Å². The number of pyridine rings is 1. The van der Waals surface area contributed by atoms with Crippen molar-refractivity contribution >= 4 is 33.3 Å². The molecule has 1 aliphatic heterocycles. The Balaban J connectivity index is 1.96. The third-order valence-electron chi connectivity index (χ3n) is 2.43. The number of rotatable bonds is 1. The molecule has 3 rings (SSSR count). The number of fused-ring (bicyclic) bond motifs is 1. The third kappa shape index (κ3) is 1.87. The number of nitrogens with one attached hydrogen (secondary N) is 1. The lowest BCUT2D eigenvalue weighted by molar-refractivity contribution is 0.593. The minimum atomic E-state index is 0.432. The molecule has 1 atom stereocenters. The van der Waals surface area contributed by atoms with Crippen molar-refractivity contribution in [1.82, 2.24) is 15.3 Å². The molecule has 0 spiro atoms. The summed E-state index contributed by atoms with van der Waals surface area (Å²) in [6.07, 6.45) is 3.67. The van der Waals surface area contributed by atoms with Gasteiger partial charge < -0.3 is 5.32 Å². The Kier molecular flexibility index (Phi) is 2.60. The Morgan fingerprint density at radius 2 is 2.47 bits per heavy atom. The van der Waals surface area contributed by atoms with Gasteiger partial charge in [-0.05, 0) is 6.07 Å². The van der Waals surface area contributed by atoms with Crippen LogP contribution in [0.15, 0.2) is 18.5 Å². The van der Waals surface area contributed by atoms with Crippen LogP contribution < -0.4 is 5.32 Å². The van der Waals surface area contributed by atoms with E-state index in [1.165, 1.54) is 15.5 Å². The van der Waals surface area contributed by atoms with E-state index in [9.17, 15) is 0 Å². The van der Waals surface area contributed by atoms with Crippen molar-refractivity contribution in [2.75, 3.05) is 18.1 Å². The van der Waals surface area contributed by atoms with Crippen molar-refractivity contribution in [3.8, 4) is 0 Å². The second-order valence-electron chi connectivity index (χ2n) is 3.48. The van der Waals surface area contributed by atoms with Crippen LogP contribution in [0.25, 0.3) is 10.2 Å². The second-order valence-corrected chi connectivity index (χ2v) is 5.69. The average Bonchev–Trinajstić information content (AvgIpc) is 2.74. The lowest BCUT2D eigenvalue weighted by Crippen LogP contribution is -2.30. The molecule has 5 heteroatoms. The Labute approximate surface area is 96.3 Å². The number of hydrogen-bond acceptors (Lipinski definition) is 5. The molecule has 0 radical (unpaired) electrons. The predicted molar refractivity (Wildman–Crippen MR) is 65.5 cm³/mol. The first kappa shape index (κ1) is 9.57. The fraction of sp³-hybridized carbons (Fsp3) is 0.400. The van der Waals surface area contributed by atoms with Gasteiger partial charge in [0, 0.05) is 24.2 Å². The molecule has 2 aromatic rings. The molecule has 1 N–H and O–H groups in total. The van der Waals surface area contributed by atoms with E-state index in [2.05, 4.69) is 15.3 Å². The van der Waals surface area contributed by atoms with Gasteiger partial charge >= 0.3 is 0 Å². The molecule has 2 aromatic heterocycles. The predicted octanol–water partition coefficient (Wildman–Crippen LogP) is 2.07. The van der Waals surface area contributed by atoms with E-state index >= 15 is 0 Å². The minimum Gasteiger partial charge on any atom is -0.306 e. The van der Waals surface area contributed by atoms with Gasteiger partial charge in [-0.25, -0.2) is 4.98 Å². The molecule has 3 heterocycles. The van der Waals surface area contributed by atoms with Gasteiger partial charge in [0.1, 0.15) is 5.01 Å². The molecular weight excluding hydrogens is 226 g/mol. The van der Waals surface area contributed by atoms with Crippen LogP contribution in [0.4, 0.5) is 0 Å². The fourth-order valence-corrected chi connectivity index (χ4v) is 3.73. The van der Waals surface area contributed by atoms with Crippen molar-refractivity contribution in [2.45, 2.75) is 6.04 Å². The lowest BCUT2D eigenvalue weighted by atomic mass is 10.3. The van der Waals surface area contributed by atoms with Gasteiger partial charge in [-0.15, -0.1) is 11.3 Å².